The van der Waals surface area contributed by atoms with E-state index >= 15 is 0 Å². The second-order valence-corrected chi connectivity index (χ2v) is 8.97. The summed E-state index contributed by atoms with van der Waals surface area (Å²) in [6, 6.07) is 4.22. The van der Waals surface area contributed by atoms with Gasteiger partial charge in [0, 0.05) is 28.5 Å². The molecule has 1 fully saturated rings. The summed E-state index contributed by atoms with van der Waals surface area (Å²) >= 11 is 6.33. The van der Waals surface area contributed by atoms with Crippen molar-refractivity contribution in [3.05, 3.63) is 58.5 Å². The van der Waals surface area contributed by atoms with Gasteiger partial charge in [-0.2, -0.15) is 18.3 Å². The summed E-state index contributed by atoms with van der Waals surface area (Å²) in [5, 5.41) is 11.5. The zero-order valence-electron chi connectivity index (χ0n) is 17.8. The number of halogens is 4. The number of nitrogens with two attached hydrogens (primary N) is 1. The Morgan fingerprint density at radius 1 is 1.12 bits per heavy atom. The summed E-state index contributed by atoms with van der Waals surface area (Å²) in [6.45, 7) is 1.94. The minimum absolute atomic E-state index is 0.249. The number of aromatic nitrogens is 3. The normalized spacial score (nSPS) is 19.0. The second kappa shape index (κ2) is 8.53. The Morgan fingerprint density at radius 3 is 2.67 bits per heavy atom. The van der Waals surface area contributed by atoms with Crippen molar-refractivity contribution in [3.8, 4) is 11.1 Å². The van der Waals surface area contributed by atoms with Crippen molar-refractivity contribution in [2.75, 3.05) is 24.1 Å². The monoisotopic (exact) mass is 476 g/mol. The lowest BCUT2D eigenvalue weighted by molar-refractivity contribution is -0.138. The summed E-state index contributed by atoms with van der Waals surface area (Å²) in [7, 11) is 0. The van der Waals surface area contributed by atoms with Gasteiger partial charge in [0.2, 0.25) is 0 Å². The fraction of sp³-hybridized carbons (Fsp3) is 0.391. The van der Waals surface area contributed by atoms with E-state index in [0.29, 0.717) is 35.2 Å². The first-order valence-electron chi connectivity index (χ1n) is 11.0. The van der Waals surface area contributed by atoms with Gasteiger partial charge in [0.1, 0.15) is 5.82 Å². The molecule has 10 heteroatoms. The van der Waals surface area contributed by atoms with E-state index in [1.807, 2.05) is 16.9 Å². The number of nitrogen functional groups attached to an aromatic ring is 1. The first kappa shape index (κ1) is 22.0. The molecule has 1 atom stereocenters. The zero-order valence-corrected chi connectivity index (χ0v) is 18.5. The number of fused-ring (bicyclic) bond motifs is 1. The van der Waals surface area contributed by atoms with E-state index in [1.54, 1.807) is 12.4 Å². The lowest BCUT2D eigenvalue weighted by atomic mass is 10.0. The molecule has 1 aromatic carbocycles. The van der Waals surface area contributed by atoms with Gasteiger partial charge in [-0.3, -0.25) is 4.68 Å². The third-order valence-corrected chi connectivity index (χ3v) is 6.84. The summed E-state index contributed by atoms with van der Waals surface area (Å²) in [5.74, 6) is 0.279. The van der Waals surface area contributed by atoms with Gasteiger partial charge in [-0.1, -0.05) is 11.6 Å². The summed E-state index contributed by atoms with van der Waals surface area (Å²) < 4.78 is 42.4. The predicted molar refractivity (Wildman–Crippen MR) is 122 cm³/mol. The first-order chi connectivity index (χ1) is 15.8. The highest BCUT2D eigenvalue weighted by atomic mass is 35.5. The van der Waals surface area contributed by atoms with E-state index in [0.717, 1.165) is 43.1 Å². The summed E-state index contributed by atoms with van der Waals surface area (Å²) in [4.78, 5) is 4.31. The van der Waals surface area contributed by atoms with E-state index in [1.165, 1.54) is 6.07 Å². The minimum atomic E-state index is -4.42. The molecule has 1 saturated heterocycles. The molecule has 3 heterocycles. The highest BCUT2D eigenvalue weighted by molar-refractivity contribution is 6.31. The molecule has 4 N–H and O–H groups in total. The van der Waals surface area contributed by atoms with Crippen LogP contribution in [0.2, 0.25) is 5.02 Å². The molecule has 174 valence electrons. The van der Waals surface area contributed by atoms with Crippen LogP contribution in [0, 0.1) is 0 Å². The number of rotatable bonds is 4. The number of benzene rings is 1. The van der Waals surface area contributed by atoms with E-state index < -0.39 is 11.7 Å². The van der Waals surface area contributed by atoms with Gasteiger partial charge in [-0.15, -0.1) is 0 Å². The SMILES string of the molecule is Nc1ncc(-c2cnn(C3CCNCC3)c2)cc1NC1CCc2c(C(F)(F)F)ccc(Cl)c21. The van der Waals surface area contributed by atoms with Crippen LogP contribution in [0.3, 0.4) is 0 Å². The summed E-state index contributed by atoms with van der Waals surface area (Å²) in [5.41, 5.74) is 8.52. The summed E-state index contributed by atoms with van der Waals surface area (Å²) in [6.07, 6.45) is 3.89. The number of pyridine rings is 1. The molecular formula is C23H24ClF3N6. The average molecular weight is 477 g/mol. The molecule has 0 spiro atoms. The van der Waals surface area contributed by atoms with Crippen LogP contribution in [-0.2, 0) is 12.6 Å². The second-order valence-electron chi connectivity index (χ2n) is 8.57. The van der Waals surface area contributed by atoms with Crippen molar-refractivity contribution >= 4 is 23.1 Å². The van der Waals surface area contributed by atoms with Gasteiger partial charge in [0.05, 0.1) is 29.5 Å². The predicted octanol–water partition coefficient (Wildman–Crippen LogP) is 5.22. The molecule has 33 heavy (non-hydrogen) atoms. The van der Waals surface area contributed by atoms with Gasteiger partial charge in [-0.25, -0.2) is 4.98 Å². The van der Waals surface area contributed by atoms with Crippen LogP contribution in [0.15, 0.2) is 36.8 Å². The van der Waals surface area contributed by atoms with Crippen LogP contribution in [-0.4, -0.2) is 27.9 Å². The Balaban J connectivity index is 1.42. The average Bonchev–Trinajstić information content (AvgIpc) is 3.44. The molecule has 5 rings (SSSR count). The quantitative estimate of drug-likeness (QED) is 0.481. The first-order valence-corrected chi connectivity index (χ1v) is 11.3. The molecule has 6 nitrogen and oxygen atoms in total. The molecule has 1 aliphatic carbocycles. The number of nitrogens with one attached hydrogen (secondary N) is 2. The number of anilines is 2. The fourth-order valence-corrected chi connectivity index (χ4v) is 5.13. The fourth-order valence-electron chi connectivity index (χ4n) is 4.82. The highest BCUT2D eigenvalue weighted by Gasteiger charge is 2.38. The maximum atomic E-state index is 13.5. The Hall–Kier alpha value is -2.78. The minimum Gasteiger partial charge on any atom is -0.382 e. The van der Waals surface area contributed by atoms with Crippen LogP contribution in [0.1, 0.15) is 48.0 Å². The molecule has 0 saturated carbocycles. The van der Waals surface area contributed by atoms with Gasteiger partial charge >= 0.3 is 6.18 Å². The van der Waals surface area contributed by atoms with E-state index in [-0.39, 0.29) is 17.4 Å². The number of nitrogens with zero attached hydrogens (tertiary/aromatic N) is 3. The topological polar surface area (TPSA) is 80.8 Å². The van der Waals surface area contributed by atoms with Crippen LogP contribution < -0.4 is 16.4 Å². The molecule has 1 unspecified atom stereocenters. The number of piperidine rings is 1. The zero-order chi connectivity index (χ0) is 23.2. The number of hydrogen-bond donors (Lipinski definition) is 3. The van der Waals surface area contributed by atoms with Crippen molar-refractivity contribution in [3.63, 3.8) is 0 Å². The van der Waals surface area contributed by atoms with Gasteiger partial charge in [0.25, 0.3) is 0 Å². The maximum absolute atomic E-state index is 13.5. The Kier molecular flexibility index (Phi) is 5.70. The smallest absolute Gasteiger partial charge is 0.382 e. The molecule has 3 aromatic rings. The van der Waals surface area contributed by atoms with Gasteiger partial charge < -0.3 is 16.4 Å². The molecule has 0 amide bonds. The van der Waals surface area contributed by atoms with Gasteiger partial charge in [0.15, 0.2) is 0 Å². The van der Waals surface area contributed by atoms with E-state index in [9.17, 15) is 13.2 Å². The van der Waals surface area contributed by atoms with E-state index in [2.05, 4.69) is 20.7 Å². The van der Waals surface area contributed by atoms with Crippen LogP contribution in [0.4, 0.5) is 24.7 Å². The molecule has 2 aliphatic rings. The largest absolute Gasteiger partial charge is 0.416 e. The van der Waals surface area contributed by atoms with Crippen molar-refractivity contribution in [1.29, 1.82) is 0 Å². The van der Waals surface area contributed by atoms with Crippen molar-refractivity contribution in [1.82, 2.24) is 20.1 Å². The lowest BCUT2D eigenvalue weighted by Gasteiger charge is -2.22. The third-order valence-electron chi connectivity index (χ3n) is 6.51. The van der Waals surface area contributed by atoms with Crippen molar-refractivity contribution < 1.29 is 13.2 Å². The molecule has 0 bridgehead atoms. The standard InChI is InChI=1S/C23H24ClF3N6/c24-18-3-2-17(23(25,26)27)16-1-4-19(21(16)18)32-20-9-13(10-30-22(20)28)14-11-31-33(12-14)15-5-7-29-8-6-15/h2-3,9-12,15,19,29,32H,1,4-8H2,(H2,28,30). The number of hydrogen-bond acceptors (Lipinski definition) is 5. The number of alkyl halides is 3. The van der Waals surface area contributed by atoms with Crippen LogP contribution >= 0.6 is 11.6 Å². The lowest BCUT2D eigenvalue weighted by Crippen LogP contribution is -2.29. The van der Waals surface area contributed by atoms with Crippen LogP contribution in [0.5, 0.6) is 0 Å². The maximum Gasteiger partial charge on any atom is 0.416 e. The Morgan fingerprint density at radius 2 is 1.91 bits per heavy atom. The van der Waals surface area contributed by atoms with Gasteiger partial charge in [-0.05, 0) is 68.1 Å². The Bertz CT molecular complexity index is 1170. The molecule has 0 radical (unpaired) electrons. The van der Waals surface area contributed by atoms with Crippen molar-refractivity contribution in [2.45, 2.75) is 43.9 Å². The molecular weight excluding hydrogens is 453 g/mol. The third kappa shape index (κ3) is 4.27. The van der Waals surface area contributed by atoms with Crippen molar-refractivity contribution in [2.24, 2.45) is 0 Å². The Labute approximate surface area is 194 Å². The van der Waals surface area contributed by atoms with E-state index in [4.69, 9.17) is 17.3 Å². The molecule has 1 aliphatic heterocycles. The van der Waals surface area contributed by atoms with Crippen LogP contribution in [0.25, 0.3) is 11.1 Å². The molecule has 2 aromatic heterocycles. The highest BCUT2D eigenvalue weighted by Crippen LogP contribution is 2.45.